The van der Waals surface area contributed by atoms with E-state index >= 15 is 0 Å². The SMILES string of the molecule is CCCNC(C1CCCCC1)C1CCCCC1(C)C. The average Bonchev–Trinajstić information content (AvgIpc) is 2.42. The van der Waals surface area contributed by atoms with Crippen LogP contribution in [-0.4, -0.2) is 12.6 Å². The highest BCUT2D eigenvalue weighted by molar-refractivity contribution is 4.94. The van der Waals surface area contributed by atoms with Crippen molar-refractivity contribution >= 4 is 0 Å². The number of rotatable bonds is 5. The average molecular weight is 265 g/mol. The number of hydrogen-bond acceptors (Lipinski definition) is 1. The Morgan fingerprint density at radius 1 is 1.00 bits per heavy atom. The van der Waals surface area contributed by atoms with E-state index in [0.29, 0.717) is 5.41 Å². The van der Waals surface area contributed by atoms with Crippen LogP contribution in [0.4, 0.5) is 0 Å². The minimum atomic E-state index is 0.557. The molecule has 0 aliphatic heterocycles. The molecule has 19 heavy (non-hydrogen) atoms. The maximum Gasteiger partial charge on any atom is 0.0129 e. The number of hydrogen-bond donors (Lipinski definition) is 1. The lowest BCUT2D eigenvalue weighted by atomic mass is 9.62. The van der Waals surface area contributed by atoms with E-state index in [2.05, 4.69) is 26.1 Å². The first-order valence-electron chi connectivity index (χ1n) is 8.88. The topological polar surface area (TPSA) is 12.0 Å². The summed E-state index contributed by atoms with van der Waals surface area (Å²) in [4.78, 5) is 0. The van der Waals surface area contributed by atoms with Crippen molar-refractivity contribution in [3.8, 4) is 0 Å². The molecule has 0 spiro atoms. The molecular formula is C18H35N. The van der Waals surface area contributed by atoms with Gasteiger partial charge in [0.15, 0.2) is 0 Å². The van der Waals surface area contributed by atoms with Gasteiger partial charge in [0, 0.05) is 6.04 Å². The molecule has 0 aromatic heterocycles. The molecule has 0 saturated heterocycles. The van der Waals surface area contributed by atoms with Crippen molar-refractivity contribution in [2.45, 2.75) is 91.0 Å². The second-order valence-electron chi connectivity index (χ2n) is 7.72. The highest BCUT2D eigenvalue weighted by Crippen LogP contribution is 2.45. The Bertz CT molecular complexity index is 252. The first kappa shape index (κ1) is 15.4. The molecule has 2 atom stereocenters. The van der Waals surface area contributed by atoms with Gasteiger partial charge in [-0.15, -0.1) is 0 Å². The van der Waals surface area contributed by atoms with Gasteiger partial charge in [0.1, 0.15) is 0 Å². The van der Waals surface area contributed by atoms with Crippen molar-refractivity contribution in [1.29, 1.82) is 0 Å². The molecule has 2 rings (SSSR count). The zero-order valence-corrected chi connectivity index (χ0v) is 13.5. The fraction of sp³-hybridized carbons (Fsp3) is 1.00. The molecule has 2 fully saturated rings. The Morgan fingerprint density at radius 2 is 1.68 bits per heavy atom. The van der Waals surface area contributed by atoms with Gasteiger partial charge < -0.3 is 5.32 Å². The molecule has 112 valence electrons. The molecule has 2 unspecified atom stereocenters. The molecule has 0 bridgehead atoms. The van der Waals surface area contributed by atoms with Crippen LogP contribution in [0.2, 0.25) is 0 Å². The maximum absolute atomic E-state index is 3.96. The fourth-order valence-electron chi connectivity index (χ4n) is 4.63. The van der Waals surface area contributed by atoms with E-state index in [0.717, 1.165) is 17.9 Å². The summed E-state index contributed by atoms with van der Waals surface area (Å²) in [5.41, 5.74) is 0.557. The molecule has 1 heteroatoms. The Balaban J connectivity index is 2.06. The van der Waals surface area contributed by atoms with Gasteiger partial charge in [-0.25, -0.2) is 0 Å². The Kier molecular flexibility index (Phi) is 5.74. The summed E-state index contributed by atoms with van der Waals surface area (Å²) in [7, 11) is 0. The largest absolute Gasteiger partial charge is 0.313 e. The molecule has 2 saturated carbocycles. The zero-order valence-electron chi connectivity index (χ0n) is 13.5. The van der Waals surface area contributed by atoms with Gasteiger partial charge in [0.25, 0.3) is 0 Å². The van der Waals surface area contributed by atoms with Crippen LogP contribution in [0.1, 0.15) is 85.0 Å². The summed E-state index contributed by atoms with van der Waals surface area (Å²) in [6, 6.07) is 0.801. The third-order valence-electron chi connectivity index (χ3n) is 5.81. The predicted molar refractivity (Wildman–Crippen MR) is 84.4 cm³/mol. The van der Waals surface area contributed by atoms with Gasteiger partial charge in [-0.2, -0.15) is 0 Å². The van der Waals surface area contributed by atoms with E-state index in [1.165, 1.54) is 70.8 Å². The fourth-order valence-corrected chi connectivity index (χ4v) is 4.63. The van der Waals surface area contributed by atoms with Crippen molar-refractivity contribution in [2.75, 3.05) is 6.54 Å². The molecule has 0 amide bonds. The second-order valence-corrected chi connectivity index (χ2v) is 7.72. The molecule has 0 aromatic carbocycles. The maximum atomic E-state index is 3.96. The second kappa shape index (κ2) is 7.11. The van der Waals surface area contributed by atoms with Crippen molar-refractivity contribution in [2.24, 2.45) is 17.3 Å². The summed E-state index contributed by atoms with van der Waals surface area (Å²) < 4.78 is 0. The van der Waals surface area contributed by atoms with E-state index in [9.17, 15) is 0 Å². The Morgan fingerprint density at radius 3 is 2.32 bits per heavy atom. The highest BCUT2D eigenvalue weighted by Gasteiger charge is 2.40. The first-order chi connectivity index (χ1) is 9.15. The molecule has 0 aromatic rings. The third-order valence-corrected chi connectivity index (χ3v) is 5.81. The van der Waals surface area contributed by atoms with Crippen LogP contribution in [0, 0.1) is 17.3 Å². The lowest BCUT2D eigenvalue weighted by Gasteiger charge is -2.47. The molecule has 2 aliphatic rings. The van der Waals surface area contributed by atoms with Crippen molar-refractivity contribution in [1.82, 2.24) is 5.32 Å². The summed E-state index contributed by atoms with van der Waals surface area (Å²) in [5, 5.41) is 3.96. The normalized spacial score (nSPS) is 30.2. The van der Waals surface area contributed by atoms with Gasteiger partial charge in [-0.1, -0.05) is 52.9 Å². The van der Waals surface area contributed by atoms with Gasteiger partial charge in [0.2, 0.25) is 0 Å². The molecular weight excluding hydrogens is 230 g/mol. The van der Waals surface area contributed by atoms with Crippen LogP contribution >= 0.6 is 0 Å². The van der Waals surface area contributed by atoms with E-state index in [1.54, 1.807) is 0 Å². The molecule has 2 aliphatic carbocycles. The predicted octanol–water partition coefficient (Wildman–Crippen LogP) is 5.15. The minimum absolute atomic E-state index is 0.557. The molecule has 0 radical (unpaired) electrons. The Labute approximate surface area is 120 Å². The monoisotopic (exact) mass is 265 g/mol. The first-order valence-corrected chi connectivity index (χ1v) is 8.88. The number of nitrogens with one attached hydrogen (secondary N) is 1. The van der Waals surface area contributed by atoms with E-state index in [4.69, 9.17) is 0 Å². The van der Waals surface area contributed by atoms with Crippen molar-refractivity contribution < 1.29 is 0 Å². The lowest BCUT2D eigenvalue weighted by molar-refractivity contribution is 0.0628. The van der Waals surface area contributed by atoms with Crippen LogP contribution < -0.4 is 5.32 Å². The summed E-state index contributed by atoms with van der Waals surface area (Å²) >= 11 is 0. The van der Waals surface area contributed by atoms with Crippen LogP contribution in [0.15, 0.2) is 0 Å². The van der Waals surface area contributed by atoms with Crippen molar-refractivity contribution in [3.63, 3.8) is 0 Å². The third kappa shape index (κ3) is 3.97. The van der Waals surface area contributed by atoms with Gasteiger partial charge >= 0.3 is 0 Å². The summed E-state index contributed by atoms with van der Waals surface area (Å²) in [6.45, 7) is 8.57. The van der Waals surface area contributed by atoms with Crippen LogP contribution in [0.3, 0.4) is 0 Å². The molecule has 1 nitrogen and oxygen atoms in total. The van der Waals surface area contributed by atoms with Gasteiger partial charge in [-0.3, -0.25) is 0 Å². The Hall–Kier alpha value is -0.0400. The van der Waals surface area contributed by atoms with Gasteiger partial charge in [-0.05, 0) is 55.9 Å². The molecule has 0 heterocycles. The minimum Gasteiger partial charge on any atom is -0.313 e. The van der Waals surface area contributed by atoms with E-state index < -0.39 is 0 Å². The van der Waals surface area contributed by atoms with E-state index in [-0.39, 0.29) is 0 Å². The summed E-state index contributed by atoms with van der Waals surface area (Å²) in [5.74, 6) is 1.87. The smallest absolute Gasteiger partial charge is 0.0129 e. The molecule has 1 N–H and O–H groups in total. The lowest BCUT2D eigenvalue weighted by Crippen LogP contribution is -2.49. The zero-order chi connectivity index (χ0) is 13.7. The van der Waals surface area contributed by atoms with Gasteiger partial charge in [0.05, 0.1) is 0 Å². The van der Waals surface area contributed by atoms with Crippen LogP contribution in [0.5, 0.6) is 0 Å². The van der Waals surface area contributed by atoms with E-state index in [1.807, 2.05) is 0 Å². The van der Waals surface area contributed by atoms with Crippen molar-refractivity contribution in [3.05, 3.63) is 0 Å². The highest BCUT2D eigenvalue weighted by atomic mass is 14.9. The quantitative estimate of drug-likeness (QED) is 0.724. The van der Waals surface area contributed by atoms with Crippen LogP contribution in [-0.2, 0) is 0 Å². The summed E-state index contributed by atoms with van der Waals surface area (Å²) in [6.07, 6.45) is 14.5. The standard InChI is InChI=1S/C18H35N/c1-4-14-19-17(15-10-6-5-7-11-15)16-12-8-9-13-18(16,2)3/h15-17,19H,4-14H2,1-3H3. The van der Waals surface area contributed by atoms with Crippen LogP contribution in [0.25, 0.3) is 0 Å².